The van der Waals surface area contributed by atoms with Crippen LogP contribution < -0.4 is 5.73 Å². The van der Waals surface area contributed by atoms with Crippen LogP contribution in [0.1, 0.15) is 24.2 Å². The minimum absolute atomic E-state index is 0.0354. The van der Waals surface area contributed by atoms with Gasteiger partial charge in [-0.3, -0.25) is 9.69 Å². The summed E-state index contributed by atoms with van der Waals surface area (Å²) in [6.07, 6.45) is 0. The van der Waals surface area contributed by atoms with Gasteiger partial charge < -0.3 is 10.6 Å². The van der Waals surface area contributed by atoms with Crippen molar-refractivity contribution in [3.63, 3.8) is 0 Å². The molecule has 1 saturated heterocycles. The third-order valence-corrected chi connectivity index (χ3v) is 4.26. The van der Waals surface area contributed by atoms with Gasteiger partial charge in [-0.15, -0.1) is 0 Å². The average molecular weight is 282 g/mol. The third-order valence-electron chi connectivity index (χ3n) is 3.93. The predicted molar refractivity (Wildman–Crippen MR) is 78.5 cm³/mol. The van der Waals surface area contributed by atoms with Gasteiger partial charge in [-0.05, 0) is 33.0 Å². The molecule has 104 valence electrons. The molecule has 1 heterocycles. The highest BCUT2D eigenvalue weighted by molar-refractivity contribution is 6.33. The minimum atomic E-state index is -0.0354. The van der Waals surface area contributed by atoms with Gasteiger partial charge in [0.2, 0.25) is 0 Å². The number of rotatable bonds is 1. The summed E-state index contributed by atoms with van der Waals surface area (Å²) in [4.78, 5) is 16.7. The van der Waals surface area contributed by atoms with Gasteiger partial charge in [-0.1, -0.05) is 17.7 Å². The quantitative estimate of drug-likeness (QED) is 0.802. The third kappa shape index (κ3) is 2.69. The molecular formula is C14H20ClN3O. The second kappa shape index (κ2) is 5.39. The molecule has 1 aliphatic rings. The number of likely N-dealkylation sites (N-methyl/N-ethyl adjacent to an activating group) is 1. The molecule has 2 unspecified atom stereocenters. The Labute approximate surface area is 119 Å². The first-order valence-electron chi connectivity index (χ1n) is 6.47. The van der Waals surface area contributed by atoms with Gasteiger partial charge in [-0.2, -0.15) is 0 Å². The van der Waals surface area contributed by atoms with Crippen LogP contribution in [0.5, 0.6) is 0 Å². The summed E-state index contributed by atoms with van der Waals surface area (Å²) in [5, 5.41) is 0.432. The monoisotopic (exact) mass is 281 g/mol. The molecule has 1 aliphatic heterocycles. The van der Waals surface area contributed by atoms with Gasteiger partial charge in [0.1, 0.15) is 0 Å². The molecular weight excluding hydrogens is 262 g/mol. The van der Waals surface area contributed by atoms with Crippen LogP contribution in [0, 0.1) is 0 Å². The molecule has 2 atom stereocenters. The number of para-hydroxylation sites is 1. The second-order valence-corrected chi connectivity index (χ2v) is 5.68. The summed E-state index contributed by atoms with van der Waals surface area (Å²) in [6.45, 7) is 5.67. The first kappa shape index (κ1) is 14.2. The van der Waals surface area contributed by atoms with Crippen LogP contribution in [0.3, 0.4) is 0 Å². The maximum Gasteiger partial charge on any atom is 0.256 e. The van der Waals surface area contributed by atoms with E-state index in [0.29, 0.717) is 41.4 Å². The first-order chi connectivity index (χ1) is 8.91. The van der Waals surface area contributed by atoms with Gasteiger partial charge in [0, 0.05) is 25.2 Å². The van der Waals surface area contributed by atoms with Crippen molar-refractivity contribution >= 4 is 23.2 Å². The molecule has 0 aliphatic carbocycles. The van der Waals surface area contributed by atoms with E-state index in [1.165, 1.54) is 0 Å². The zero-order valence-electron chi connectivity index (χ0n) is 11.6. The fourth-order valence-corrected chi connectivity index (χ4v) is 2.64. The molecule has 1 aromatic carbocycles. The Hall–Kier alpha value is -1.26. The molecule has 19 heavy (non-hydrogen) atoms. The molecule has 1 aromatic rings. The lowest BCUT2D eigenvalue weighted by molar-refractivity contribution is 0.0415. The largest absolute Gasteiger partial charge is 0.397 e. The molecule has 0 saturated carbocycles. The number of anilines is 1. The Morgan fingerprint density at radius 3 is 2.47 bits per heavy atom. The number of piperazine rings is 1. The molecule has 1 amide bonds. The Kier molecular flexibility index (Phi) is 4.02. The number of carbonyl (C=O) groups is 1. The zero-order valence-corrected chi connectivity index (χ0v) is 12.3. The topological polar surface area (TPSA) is 49.6 Å². The van der Waals surface area contributed by atoms with Crippen molar-refractivity contribution in [3.05, 3.63) is 28.8 Å². The molecule has 5 heteroatoms. The van der Waals surface area contributed by atoms with Crippen LogP contribution in [0.25, 0.3) is 0 Å². The van der Waals surface area contributed by atoms with Gasteiger partial charge in [0.15, 0.2) is 0 Å². The van der Waals surface area contributed by atoms with Crippen molar-refractivity contribution in [2.45, 2.75) is 25.9 Å². The summed E-state index contributed by atoms with van der Waals surface area (Å²) in [5.74, 6) is -0.0354. The first-order valence-corrected chi connectivity index (χ1v) is 6.84. The van der Waals surface area contributed by atoms with E-state index in [4.69, 9.17) is 17.3 Å². The summed E-state index contributed by atoms with van der Waals surface area (Å²) < 4.78 is 0. The average Bonchev–Trinajstić information content (AvgIpc) is 2.38. The van der Waals surface area contributed by atoms with Gasteiger partial charge in [-0.25, -0.2) is 0 Å². The molecule has 1 fully saturated rings. The van der Waals surface area contributed by atoms with Crippen LogP contribution in [0.4, 0.5) is 5.69 Å². The van der Waals surface area contributed by atoms with Crippen LogP contribution in [-0.2, 0) is 0 Å². The number of halogens is 1. The lowest BCUT2D eigenvalue weighted by Crippen LogP contribution is -2.56. The smallest absolute Gasteiger partial charge is 0.256 e. The number of benzene rings is 1. The van der Waals surface area contributed by atoms with Crippen molar-refractivity contribution in [3.8, 4) is 0 Å². The zero-order chi connectivity index (χ0) is 14.2. The predicted octanol–water partition coefficient (Wildman–Crippen LogP) is 2.09. The summed E-state index contributed by atoms with van der Waals surface area (Å²) in [5.41, 5.74) is 6.76. The van der Waals surface area contributed by atoms with Crippen molar-refractivity contribution < 1.29 is 4.79 Å². The lowest BCUT2D eigenvalue weighted by atomic mass is 10.1. The summed E-state index contributed by atoms with van der Waals surface area (Å²) in [6, 6.07) is 5.87. The molecule has 0 radical (unpaired) electrons. The molecule has 2 N–H and O–H groups in total. The van der Waals surface area contributed by atoms with Crippen molar-refractivity contribution in [1.29, 1.82) is 0 Å². The second-order valence-electron chi connectivity index (χ2n) is 5.27. The minimum Gasteiger partial charge on any atom is -0.397 e. The fraction of sp³-hybridized carbons (Fsp3) is 0.500. The highest BCUT2D eigenvalue weighted by atomic mass is 35.5. The molecule has 2 rings (SSSR count). The Bertz CT molecular complexity index is 480. The Morgan fingerprint density at radius 2 is 1.89 bits per heavy atom. The number of hydrogen-bond donors (Lipinski definition) is 1. The number of carbonyl (C=O) groups excluding carboxylic acids is 1. The highest BCUT2D eigenvalue weighted by Gasteiger charge is 2.30. The van der Waals surface area contributed by atoms with E-state index in [2.05, 4.69) is 25.8 Å². The van der Waals surface area contributed by atoms with Gasteiger partial charge >= 0.3 is 0 Å². The van der Waals surface area contributed by atoms with Crippen LogP contribution in [0.15, 0.2) is 18.2 Å². The number of amides is 1. The maximum atomic E-state index is 12.5. The van der Waals surface area contributed by atoms with E-state index in [1.807, 2.05) is 4.90 Å². The van der Waals surface area contributed by atoms with Crippen molar-refractivity contribution in [1.82, 2.24) is 9.80 Å². The van der Waals surface area contributed by atoms with E-state index in [9.17, 15) is 4.79 Å². The Balaban J connectivity index is 2.23. The lowest BCUT2D eigenvalue weighted by Gasteiger charge is -2.42. The van der Waals surface area contributed by atoms with E-state index in [1.54, 1.807) is 18.2 Å². The van der Waals surface area contributed by atoms with Crippen LogP contribution in [0.2, 0.25) is 5.02 Å². The highest BCUT2D eigenvalue weighted by Crippen LogP contribution is 2.25. The van der Waals surface area contributed by atoms with Gasteiger partial charge in [0.25, 0.3) is 5.91 Å². The van der Waals surface area contributed by atoms with Crippen molar-refractivity contribution in [2.75, 3.05) is 25.9 Å². The van der Waals surface area contributed by atoms with Crippen LogP contribution in [-0.4, -0.2) is 47.9 Å². The summed E-state index contributed by atoms with van der Waals surface area (Å²) >= 11 is 5.97. The van der Waals surface area contributed by atoms with E-state index < -0.39 is 0 Å². The number of hydrogen-bond acceptors (Lipinski definition) is 3. The van der Waals surface area contributed by atoms with E-state index >= 15 is 0 Å². The normalized spacial score (nSPS) is 24.5. The Morgan fingerprint density at radius 1 is 1.32 bits per heavy atom. The standard InChI is InChI=1S/C14H20ClN3O/c1-9-7-18(8-10(2)17(9)3)14(19)11-5-4-6-12(15)13(11)16/h4-6,9-10H,7-8,16H2,1-3H3. The molecule has 0 bridgehead atoms. The van der Waals surface area contributed by atoms with Crippen molar-refractivity contribution in [2.24, 2.45) is 0 Å². The number of nitrogens with two attached hydrogens (primary N) is 1. The van der Waals surface area contributed by atoms with Gasteiger partial charge in [0.05, 0.1) is 16.3 Å². The number of nitrogens with zero attached hydrogens (tertiary/aromatic N) is 2. The van der Waals surface area contributed by atoms with Crippen LogP contribution >= 0.6 is 11.6 Å². The fourth-order valence-electron chi connectivity index (χ4n) is 2.46. The maximum absolute atomic E-state index is 12.5. The summed E-state index contributed by atoms with van der Waals surface area (Å²) in [7, 11) is 2.09. The SMILES string of the molecule is CC1CN(C(=O)c2cccc(Cl)c2N)CC(C)N1C. The molecule has 4 nitrogen and oxygen atoms in total. The van der Waals surface area contributed by atoms with E-state index in [-0.39, 0.29) is 5.91 Å². The molecule has 0 spiro atoms. The number of nitrogen functional groups attached to an aromatic ring is 1. The molecule has 0 aromatic heterocycles. The van der Waals surface area contributed by atoms with E-state index in [0.717, 1.165) is 0 Å².